The third-order valence-corrected chi connectivity index (χ3v) is 4.70. The lowest BCUT2D eigenvalue weighted by molar-refractivity contribution is -0.0257. The van der Waals surface area contributed by atoms with E-state index >= 15 is 4.39 Å². The Labute approximate surface area is 171 Å². The molecule has 2 heterocycles. The van der Waals surface area contributed by atoms with Crippen LogP contribution < -0.4 is 11.1 Å². The van der Waals surface area contributed by atoms with E-state index < -0.39 is 29.5 Å². The number of nitrogens with two attached hydrogens (primary N) is 1. The molecule has 0 bridgehead atoms. The Hall–Kier alpha value is -3.58. The van der Waals surface area contributed by atoms with E-state index in [4.69, 9.17) is 20.5 Å². The molecule has 0 saturated carbocycles. The summed E-state index contributed by atoms with van der Waals surface area (Å²) in [7, 11) is 1.38. The van der Waals surface area contributed by atoms with Crippen LogP contribution in [0.1, 0.15) is 28.5 Å². The van der Waals surface area contributed by atoms with E-state index in [9.17, 15) is 9.18 Å². The first-order chi connectivity index (χ1) is 14.3. The predicted molar refractivity (Wildman–Crippen MR) is 104 cm³/mol. The molecule has 0 radical (unpaired) electrons. The molecule has 0 fully saturated rings. The highest BCUT2D eigenvalue weighted by atomic mass is 19.1. The molecule has 1 aromatic heterocycles. The number of carbonyl (C=O) groups is 1. The highest BCUT2D eigenvalue weighted by molar-refractivity contribution is 6.02. The van der Waals surface area contributed by atoms with Crippen LogP contribution in [0.5, 0.6) is 0 Å². The van der Waals surface area contributed by atoms with Gasteiger partial charge in [0.05, 0.1) is 12.2 Å². The van der Waals surface area contributed by atoms with E-state index in [1.807, 2.05) is 6.07 Å². The number of alkyl halides is 1. The third-order valence-electron chi connectivity index (χ3n) is 4.70. The SMILES string of the molecule is COC[C@H]1OC(N)=N[C@](C)(c2cc(NC(=O)c3ccc(C#N)cn3)ccc2F)[C@H]1F. The molecular weight excluding hydrogens is 396 g/mol. The molecule has 156 valence electrons. The van der Waals surface area contributed by atoms with Gasteiger partial charge in [0, 0.05) is 24.6 Å². The summed E-state index contributed by atoms with van der Waals surface area (Å²) in [6, 6.07) is 8.16. The van der Waals surface area contributed by atoms with Crippen LogP contribution in [0.3, 0.4) is 0 Å². The first-order valence-corrected chi connectivity index (χ1v) is 8.91. The number of hydrogen-bond donors (Lipinski definition) is 2. The Balaban J connectivity index is 1.91. The molecule has 3 rings (SSSR count). The minimum absolute atomic E-state index is 0.0583. The fourth-order valence-electron chi connectivity index (χ4n) is 3.17. The van der Waals surface area contributed by atoms with Crippen molar-refractivity contribution in [1.29, 1.82) is 5.26 Å². The number of pyridine rings is 1. The first kappa shape index (κ1) is 21.1. The molecule has 3 N–H and O–H groups in total. The topological polar surface area (TPSA) is 123 Å². The lowest BCUT2D eigenvalue weighted by Crippen LogP contribution is -2.51. The number of rotatable bonds is 5. The van der Waals surface area contributed by atoms with E-state index in [-0.39, 0.29) is 29.6 Å². The van der Waals surface area contributed by atoms with E-state index in [1.54, 1.807) is 0 Å². The quantitative estimate of drug-likeness (QED) is 0.772. The van der Waals surface area contributed by atoms with E-state index in [0.717, 1.165) is 6.07 Å². The van der Waals surface area contributed by atoms with Crippen LogP contribution in [0, 0.1) is 17.1 Å². The molecule has 1 aliphatic rings. The number of ether oxygens (including phenoxy) is 2. The Bertz CT molecular complexity index is 1020. The van der Waals surface area contributed by atoms with Gasteiger partial charge in [-0.3, -0.25) is 4.79 Å². The van der Waals surface area contributed by atoms with Gasteiger partial charge in [0.15, 0.2) is 12.3 Å². The maximum absolute atomic E-state index is 15.2. The highest BCUT2D eigenvalue weighted by Crippen LogP contribution is 2.39. The molecule has 1 aliphatic heterocycles. The molecular formula is C20H19F2N5O3. The van der Waals surface area contributed by atoms with Crippen molar-refractivity contribution in [3.63, 3.8) is 0 Å². The number of hydrogen-bond acceptors (Lipinski definition) is 7. The summed E-state index contributed by atoms with van der Waals surface area (Å²) >= 11 is 0. The molecule has 0 unspecified atom stereocenters. The number of nitriles is 1. The minimum atomic E-state index is -1.76. The molecule has 2 aromatic rings. The third kappa shape index (κ3) is 4.06. The maximum Gasteiger partial charge on any atom is 0.283 e. The first-order valence-electron chi connectivity index (χ1n) is 8.91. The summed E-state index contributed by atoms with van der Waals surface area (Å²) < 4.78 is 40.0. The lowest BCUT2D eigenvalue weighted by Gasteiger charge is -2.38. The van der Waals surface area contributed by atoms with Gasteiger partial charge in [-0.05, 0) is 37.3 Å². The number of benzene rings is 1. The van der Waals surface area contributed by atoms with Crippen molar-refractivity contribution in [2.75, 3.05) is 19.0 Å². The monoisotopic (exact) mass is 415 g/mol. The van der Waals surface area contributed by atoms with Crippen LogP contribution in [0.2, 0.25) is 0 Å². The number of aromatic nitrogens is 1. The summed E-state index contributed by atoms with van der Waals surface area (Å²) in [6.07, 6.45) is -1.57. The van der Waals surface area contributed by atoms with Gasteiger partial charge in [0.1, 0.15) is 23.1 Å². The number of nitrogens with zero attached hydrogens (tertiary/aromatic N) is 3. The summed E-state index contributed by atoms with van der Waals surface area (Å²) in [6.45, 7) is 1.29. The van der Waals surface area contributed by atoms with Crippen LogP contribution in [0.25, 0.3) is 0 Å². The Morgan fingerprint density at radius 1 is 1.43 bits per heavy atom. The molecule has 3 atom stereocenters. The molecule has 1 aromatic carbocycles. The average Bonchev–Trinajstić information content (AvgIpc) is 2.73. The number of nitrogens with one attached hydrogen (secondary N) is 1. The van der Waals surface area contributed by atoms with Gasteiger partial charge >= 0.3 is 0 Å². The summed E-state index contributed by atoms with van der Waals surface area (Å²) in [4.78, 5) is 20.3. The Kier molecular flexibility index (Phi) is 5.94. The van der Waals surface area contributed by atoms with E-state index in [0.29, 0.717) is 5.56 Å². The summed E-state index contributed by atoms with van der Waals surface area (Å²) in [5.41, 5.74) is 4.46. The highest BCUT2D eigenvalue weighted by Gasteiger charge is 2.48. The number of methoxy groups -OCH3 is 1. The zero-order valence-corrected chi connectivity index (χ0v) is 16.2. The number of amidine groups is 1. The zero-order valence-electron chi connectivity index (χ0n) is 16.2. The lowest BCUT2D eigenvalue weighted by atomic mass is 9.84. The van der Waals surface area contributed by atoms with Crippen LogP contribution >= 0.6 is 0 Å². The maximum atomic E-state index is 15.2. The number of carbonyl (C=O) groups excluding carboxylic acids is 1. The molecule has 0 saturated heterocycles. The van der Waals surface area contributed by atoms with Gasteiger partial charge in [-0.25, -0.2) is 18.8 Å². The van der Waals surface area contributed by atoms with E-state index in [1.165, 1.54) is 44.5 Å². The number of anilines is 1. The second-order valence-electron chi connectivity index (χ2n) is 6.80. The van der Waals surface area contributed by atoms with Crippen molar-refractivity contribution in [1.82, 2.24) is 4.98 Å². The molecule has 1 amide bonds. The van der Waals surface area contributed by atoms with Gasteiger partial charge in [0.2, 0.25) is 0 Å². The van der Waals surface area contributed by atoms with Crippen molar-refractivity contribution in [2.24, 2.45) is 10.7 Å². The summed E-state index contributed by atoms with van der Waals surface area (Å²) in [5.74, 6) is -1.30. The molecule has 0 spiro atoms. The Morgan fingerprint density at radius 3 is 2.83 bits per heavy atom. The molecule has 30 heavy (non-hydrogen) atoms. The smallest absolute Gasteiger partial charge is 0.283 e. The van der Waals surface area contributed by atoms with Crippen LogP contribution in [-0.2, 0) is 15.0 Å². The predicted octanol–water partition coefficient (Wildman–Crippen LogP) is 2.26. The van der Waals surface area contributed by atoms with Crippen molar-refractivity contribution >= 4 is 17.6 Å². The van der Waals surface area contributed by atoms with Gasteiger partial charge in [-0.1, -0.05) is 0 Å². The standard InChI is InChI=1S/C20H19F2N5O3/c1-20(17(22)16(10-29-2)30-19(24)27-20)13-7-12(4-5-14(13)21)26-18(28)15-6-3-11(8-23)9-25-15/h3-7,9,16-17H,10H2,1-2H3,(H2,24,27)(H,26,28)/t16-,17+,20-/m1/s1. The molecule has 8 nitrogen and oxygen atoms in total. The van der Waals surface area contributed by atoms with Gasteiger partial charge in [0.25, 0.3) is 11.9 Å². The minimum Gasteiger partial charge on any atom is -0.456 e. The number of aliphatic imine (C=N–C) groups is 1. The second-order valence-corrected chi connectivity index (χ2v) is 6.80. The number of amides is 1. The molecule has 0 aliphatic carbocycles. The van der Waals surface area contributed by atoms with E-state index in [2.05, 4.69) is 15.3 Å². The van der Waals surface area contributed by atoms with Gasteiger partial charge in [-0.15, -0.1) is 0 Å². The van der Waals surface area contributed by atoms with Crippen molar-refractivity contribution in [3.8, 4) is 6.07 Å². The van der Waals surface area contributed by atoms with Gasteiger partial charge < -0.3 is 20.5 Å². The Morgan fingerprint density at radius 2 is 2.20 bits per heavy atom. The van der Waals surface area contributed by atoms with Gasteiger partial charge in [-0.2, -0.15) is 5.26 Å². The van der Waals surface area contributed by atoms with Crippen molar-refractivity contribution in [3.05, 3.63) is 59.2 Å². The number of halogens is 2. The molecule has 10 heteroatoms. The van der Waals surface area contributed by atoms with Crippen LogP contribution in [0.4, 0.5) is 14.5 Å². The normalized spacial score (nSPS) is 23.1. The van der Waals surface area contributed by atoms with Crippen LogP contribution in [-0.4, -0.2) is 42.9 Å². The fraction of sp³-hybridized carbons (Fsp3) is 0.300. The largest absolute Gasteiger partial charge is 0.456 e. The van der Waals surface area contributed by atoms with Crippen molar-refractivity contribution < 1.29 is 23.0 Å². The summed E-state index contributed by atoms with van der Waals surface area (Å²) in [5, 5.41) is 11.4. The van der Waals surface area contributed by atoms with Crippen molar-refractivity contribution in [2.45, 2.75) is 24.7 Å². The fourth-order valence-corrected chi connectivity index (χ4v) is 3.17. The van der Waals surface area contributed by atoms with Crippen LogP contribution in [0.15, 0.2) is 41.5 Å². The zero-order chi connectivity index (χ0) is 21.9. The average molecular weight is 415 g/mol. The second kappa shape index (κ2) is 8.42.